The predicted octanol–water partition coefficient (Wildman–Crippen LogP) is 2.17. The van der Waals surface area contributed by atoms with Crippen molar-refractivity contribution in [1.82, 2.24) is 24.5 Å². The lowest BCUT2D eigenvalue weighted by Gasteiger charge is -2.07. The molecule has 8 heteroatoms. The van der Waals surface area contributed by atoms with E-state index in [1.165, 1.54) is 21.6 Å². The van der Waals surface area contributed by atoms with Crippen LogP contribution in [0.1, 0.15) is 5.56 Å². The second-order valence-corrected chi connectivity index (χ2v) is 5.64. The number of ether oxygens (including phenoxy) is 1. The summed E-state index contributed by atoms with van der Waals surface area (Å²) in [5, 5.41) is 7.98. The highest BCUT2D eigenvalue weighted by molar-refractivity contribution is 5.70. The van der Waals surface area contributed by atoms with Crippen molar-refractivity contribution in [2.75, 3.05) is 7.11 Å². The van der Waals surface area contributed by atoms with Crippen LogP contribution in [0.5, 0.6) is 5.75 Å². The number of fused-ring (bicyclic) bond motifs is 1. The Morgan fingerprint density at radius 3 is 2.62 bits per heavy atom. The average molecular weight is 351 g/mol. The third kappa shape index (κ3) is 2.71. The van der Waals surface area contributed by atoms with E-state index in [1.807, 2.05) is 0 Å². The molecule has 0 unspecified atom stereocenters. The van der Waals surface area contributed by atoms with E-state index < -0.39 is 0 Å². The van der Waals surface area contributed by atoms with E-state index in [2.05, 4.69) is 15.3 Å². The SMILES string of the molecule is COc1ccc(-n2nnc3c(=O)n(Cc4ccccc4F)cnc32)cc1. The molecule has 4 rings (SSSR count). The van der Waals surface area contributed by atoms with Crippen LogP contribution in [0.3, 0.4) is 0 Å². The van der Waals surface area contributed by atoms with Crippen LogP contribution < -0.4 is 10.3 Å². The Balaban J connectivity index is 1.75. The number of nitrogens with zero attached hydrogens (tertiary/aromatic N) is 5. The Hall–Kier alpha value is -3.55. The lowest BCUT2D eigenvalue weighted by molar-refractivity contribution is 0.414. The minimum Gasteiger partial charge on any atom is -0.497 e. The van der Waals surface area contributed by atoms with Gasteiger partial charge in [0, 0.05) is 5.56 Å². The van der Waals surface area contributed by atoms with Crippen LogP contribution in [-0.2, 0) is 6.54 Å². The van der Waals surface area contributed by atoms with Gasteiger partial charge in [-0.3, -0.25) is 9.36 Å². The zero-order chi connectivity index (χ0) is 18.1. The molecule has 7 nitrogen and oxygen atoms in total. The van der Waals surface area contributed by atoms with Gasteiger partial charge >= 0.3 is 0 Å². The van der Waals surface area contributed by atoms with Gasteiger partial charge in [-0.1, -0.05) is 23.4 Å². The Bertz CT molecular complexity index is 1130. The molecule has 0 fully saturated rings. The standard InChI is InChI=1S/C18H14FN5O2/c1-26-14-8-6-13(7-9-14)24-17-16(21-22-24)18(25)23(11-20-17)10-12-4-2-3-5-15(12)19/h2-9,11H,10H2,1H3. The van der Waals surface area contributed by atoms with Gasteiger partial charge < -0.3 is 4.74 Å². The largest absolute Gasteiger partial charge is 0.497 e. The van der Waals surface area contributed by atoms with Crippen LogP contribution in [0.15, 0.2) is 59.7 Å². The van der Waals surface area contributed by atoms with Crippen LogP contribution in [0.4, 0.5) is 4.39 Å². The van der Waals surface area contributed by atoms with Gasteiger partial charge in [0.2, 0.25) is 0 Å². The highest BCUT2D eigenvalue weighted by Gasteiger charge is 2.14. The van der Waals surface area contributed by atoms with Crippen LogP contribution >= 0.6 is 0 Å². The van der Waals surface area contributed by atoms with Gasteiger partial charge in [0.15, 0.2) is 11.2 Å². The Morgan fingerprint density at radius 2 is 1.88 bits per heavy atom. The fourth-order valence-corrected chi connectivity index (χ4v) is 2.66. The first-order valence-electron chi connectivity index (χ1n) is 7.86. The fourth-order valence-electron chi connectivity index (χ4n) is 2.66. The van der Waals surface area contributed by atoms with Gasteiger partial charge in [-0.25, -0.2) is 9.37 Å². The molecule has 0 aliphatic heterocycles. The molecule has 0 saturated heterocycles. The molecule has 2 heterocycles. The maximum Gasteiger partial charge on any atom is 0.283 e. The number of hydrogen-bond acceptors (Lipinski definition) is 5. The summed E-state index contributed by atoms with van der Waals surface area (Å²) < 4.78 is 21.7. The number of methoxy groups -OCH3 is 1. The number of aromatic nitrogens is 5. The molecule has 0 bridgehead atoms. The number of halogens is 1. The van der Waals surface area contributed by atoms with Crippen molar-refractivity contribution >= 4 is 11.2 Å². The van der Waals surface area contributed by atoms with Crippen molar-refractivity contribution in [2.45, 2.75) is 6.54 Å². The lowest BCUT2D eigenvalue weighted by atomic mass is 10.2. The minimum atomic E-state index is -0.377. The van der Waals surface area contributed by atoms with E-state index >= 15 is 0 Å². The molecule has 2 aromatic heterocycles. The summed E-state index contributed by atoms with van der Waals surface area (Å²) in [5.41, 5.74) is 1.19. The fraction of sp³-hybridized carbons (Fsp3) is 0.111. The second kappa shape index (κ2) is 6.40. The van der Waals surface area contributed by atoms with Crippen molar-refractivity contribution < 1.29 is 9.13 Å². The number of benzene rings is 2. The van der Waals surface area contributed by atoms with E-state index in [0.717, 1.165) is 0 Å². The maximum absolute atomic E-state index is 13.8. The van der Waals surface area contributed by atoms with Crippen molar-refractivity contribution in [3.8, 4) is 11.4 Å². The van der Waals surface area contributed by atoms with E-state index in [-0.39, 0.29) is 23.4 Å². The lowest BCUT2D eigenvalue weighted by Crippen LogP contribution is -2.22. The molecule has 0 aliphatic rings. The van der Waals surface area contributed by atoms with Crippen LogP contribution in [0, 0.1) is 5.82 Å². The maximum atomic E-state index is 13.8. The minimum absolute atomic E-state index is 0.0733. The summed E-state index contributed by atoms with van der Waals surface area (Å²) in [5.74, 6) is 0.333. The normalized spacial score (nSPS) is 11.0. The molecule has 0 atom stereocenters. The van der Waals surface area contributed by atoms with Crippen molar-refractivity contribution in [3.05, 3.63) is 76.6 Å². The predicted molar refractivity (Wildman–Crippen MR) is 93.0 cm³/mol. The van der Waals surface area contributed by atoms with Crippen LogP contribution in [-0.4, -0.2) is 31.7 Å². The summed E-state index contributed by atoms with van der Waals surface area (Å²) in [7, 11) is 1.58. The third-order valence-electron chi connectivity index (χ3n) is 4.04. The first-order valence-corrected chi connectivity index (χ1v) is 7.86. The molecule has 0 radical (unpaired) electrons. The zero-order valence-electron chi connectivity index (χ0n) is 13.8. The molecule has 4 aromatic rings. The molecule has 0 aliphatic carbocycles. The van der Waals surface area contributed by atoms with Gasteiger partial charge in [-0.2, -0.15) is 4.68 Å². The van der Waals surface area contributed by atoms with Gasteiger partial charge in [-0.15, -0.1) is 5.10 Å². The topological polar surface area (TPSA) is 74.8 Å². The highest BCUT2D eigenvalue weighted by Crippen LogP contribution is 2.16. The summed E-state index contributed by atoms with van der Waals surface area (Å²) in [6, 6.07) is 13.4. The Labute approximate surface area is 147 Å². The van der Waals surface area contributed by atoms with E-state index in [0.29, 0.717) is 22.6 Å². The smallest absolute Gasteiger partial charge is 0.283 e. The summed E-state index contributed by atoms with van der Waals surface area (Å²) >= 11 is 0. The van der Waals surface area contributed by atoms with E-state index in [1.54, 1.807) is 49.6 Å². The van der Waals surface area contributed by atoms with Gasteiger partial charge in [0.25, 0.3) is 5.56 Å². The molecule has 130 valence electrons. The average Bonchev–Trinajstić information content (AvgIpc) is 3.10. The van der Waals surface area contributed by atoms with Crippen LogP contribution in [0.25, 0.3) is 16.9 Å². The first-order chi connectivity index (χ1) is 12.7. The Kier molecular flexibility index (Phi) is 3.92. The van der Waals surface area contributed by atoms with Crippen molar-refractivity contribution in [1.29, 1.82) is 0 Å². The molecule has 2 aromatic carbocycles. The van der Waals surface area contributed by atoms with Crippen LogP contribution in [0.2, 0.25) is 0 Å². The molecule has 0 amide bonds. The molecule has 0 spiro atoms. The van der Waals surface area contributed by atoms with E-state index in [4.69, 9.17) is 4.74 Å². The van der Waals surface area contributed by atoms with E-state index in [9.17, 15) is 9.18 Å². The van der Waals surface area contributed by atoms with Gasteiger partial charge in [0.05, 0.1) is 19.3 Å². The number of hydrogen-bond donors (Lipinski definition) is 0. The summed E-state index contributed by atoms with van der Waals surface area (Å²) in [6.07, 6.45) is 1.38. The third-order valence-corrected chi connectivity index (χ3v) is 4.04. The van der Waals surface area contributed by atoms with Crippen molar-refractivity contribution in [2.24, 2.45) is 0 Å². The molecular weight excluding hydrogens is 337 g/mol. The highest BCUT2D eigenvalue weighted by atomic mass is 19.1. The second-order valence-electron chi connectivity index (χ2n) is 5.64. The Morgan fingerprint density at radius 1 is 1.12 bits per heavy atom. The van der Waals surface area contributed by atoms with Gasteiger partial charge in [-0.05, 0) is 30.3 Å². The summed E-state index contributed by atoms with van der Waals surface area (Å²) in [4.78, 5) is 16.9. The molecule has 0 saturated carbocycles. The molecule has 0 N–H and O–H groups in total. The first kappa shape index (κ1) is 15.9. The van der Waals surface area contributed by atoms with Crippen molar-refractivity contribution in [3.63, 3.8) is 0 Å². The summed E-state index contributed by atoms with van der Waals surface area (Å²) in [6.45, 7) is 0.0733. The quantitative estimate of drug-likeness (QED) is 0.563. The zero-order valence-corrected chi connectivity index (χ0v) is 13.8. The monoisotopic (exact) mass is 351 g/mol. The molecule has 26 heavy (non-hydrogen) atoms. The number of rotatable bonds is 4. The molecular formula is C18H14FN5O2. The van der Waals surface area contributed by atoms with Gasteiger partial charge in [0.1, 0.15) is 17.9 Å².